The molecule has 0 saturated carbocycles. The standard InChI is InChI=1S/C22H32N2O4/c1-3-13-23(14-4-2)21(27)17-8-7-9-18(16-17)22(28)24-15-6-5-10-19(24)11-12-20(25)26/h7-9,16,19H,3-6,10-15H2,1-2H3,(H,25,26). The summed E-state index contributed by atoms with van der Waals surface area (Å²) in [6.07, 6.45) is 5.09. The lowest BCUT2D eigenvalue weighted by Crippen LogP contribution is -2.44. The molecule has 1 fully saturated rings. The molecule has 6 nitrogen and oxygen atoms in total. The second kappa shape index (κ2) is 10.8. The molecule has 154 valence electrons. The van der Waals surface area contributed by atoms with Crippen LogP contribution in [0.2, 0.25) is 0 Å². The molecular formula is C22H32N2O4. The second-order valence-corrected chi connectivity index (χ2v) is 7.45. The molecule has 1 aromatic carbocycles. The van der Waals surface area contributed by atoms with Crippen molar-refractivity contribution >= 4 is 17.8 Å². The molecule has 6 heteroatoms. The highest BCUT2D eigenvalue weighted by Gasteiger charge is 2.28. The van der Waals surface area contributed by atoms with Gasteiger partial charge in [-0.1, -0.05) is 19.9 Å². The maximum atomic E-state index is 13.1. The largest absolute Gasteiger partial charge is 0.481 e. The number of piperidine rings is 1. The number of carboxylic acid groups (broad SMARTS) is 1. The summed E-state index contributed by atoms with van der Waals surface area (Å²) in [7, 11) is 0. The highest BCUT2D eigenvalue weighted by molar-refractivity contribution is 5.99. The summed E-state index contributed by atoms with van der Waals surface area (Å²) < 4.78 is 0. The minimum Gasteiger partial charge on any atom is -0.481 e. The van der Waals surface area contributed by atoms with Crippen LogP contribution in [0.4, 0.5) is 0 Å². The van der Waals surface area contributed by atoms with E-state index in [2.05, 4.69) is 0 Å². The third-order valence-electron chi connectivity index (χ3n) is 5.21. The molecular weight excluding hydrogens is 356 g/mol. The molecule has 1 aliphatic heterocycles. The Morgan fingerprint density at radius 2 is 1.79 bits per heavy atom. The highest BCUT2D eigenvalue weighted by atomic mass is 16.4. The summed E-state index contributed by atoms with van der Waals surface area (Å²) in [5.74, 6) is -0.987. The van der Waals surface area contributed by atoms with Crippen molar-refractivity contribution in [3.63, 3.8) is 0 Å². The lowest BCUT2D eigenvalue weighted by molar-refractivity contribution is -0.137. The predicted molar refractivity (Wildman–Crippen MR) is 108 cm³/mol. The smallest absolute Gasteiger partial charge is 0.303 e. The molecule has 28 heavy (non-hydrogen) atoms. The van der Waals surface area contributed by atoms with Gasteiger partial charge in [-0.3, -0.25) is 14.4 Å². The van der Waals surface area contributed by atoms with Gasteiger partial charge in [0, 0.05) is 43.2 Å². The van der Waals surface area contributed by atoms with Crippen molar-refractivity contribution in [3.05, 3.63) is 35.4 Å². The maximum Gasteiger partial charge on any atom is 0.303 e. The zero-order chi connectivity index (χ0) is 20.5. The monoisotopic (exact) mass is 388 g/mol. The minimum absolute atomic E-state index is 0.0422. The molecule has 0 aliphatic carbocycles. The normalized spacial score (nSPS) is 16.6. The SMILES string of the molecule is CCCN(CCC)C(=O)c1cccc(C(=O)N2CCCCC2CCC(=O)O)c1. The Labute approximate surface area is 167 Å². The number of nitrogens with zero attached hydrogens (tertiary/aromatic N) is 2. The van der Waals surface area contributed by atoms with E-state index in [1.807, 2.05) is 18.7 Å². The van der Waals surface area contributed by atoms with E-state index in [1.54, 1.807) is 29.2 Å². The first-order valence-electron chi connectivity index (χ1n) is 10.4. The van der Waals surface area contributed by atoms with Gasteiger partial charge < -0.3 is 14.9 Å². The van der Waals surface area contributed by atoms with E-state index in [4.69, 9.17) is 5.11 Å². The van der Waals surface area contributed by atoms with Crippen LogP contribution in [0.15, 0.2) is 24.3 Å². The van der Waals surface area contributed by atoms with E-state index in [-0.39, 0.29) is 24.3 Å². The van der Waals surface area contributed by atoms with Gasteiger partial charge in [-0.25, -0.2) is 0 Å². The fraction of sp³-hybridized carbons (Fsp3) is 0.591. The summed E-state index contributed by atoms with van der Waals surface area (Å²) in [6.45, 7) is 6.13. The van der Waals surface area contributed by atoms with Crippen molar-refractivity contribution < 1.29 is 19.5 Å². The van der Waals surface area contributed by atoms with Gasteiger partial charge in [0.05, 0.1) is 0 Å². The molecule has 0 bridgehead atoms. The first-order chi connectivity index (χ1) is 13.5. The molecule has 1 unspecified atom stereocenters. The molecule has 0 radical (unpaired) electrons. The topological polar surface area (TPSA) is 77.9 Å². The Morgan fingerprint density at radius 3 is 2.43 bits per heavy atom. The Bertz CT molecular complexity index is 683. The molecule has 1 aliphatic rings. The van der Waals surface area contributed by atoms with Gasteiger partial charge in [-0.2, -0.15) is 0 Å². The number of carbonyl (C=O) groups excluding carboxylic acids is 2. The summed E-state index contributed by atoms with van der Waals surface area (Å²) in [6, 6.07) is 6.90. The first kappa shape index (κ1) is 21.9. The summed E-state index contributed by atoms with van der Waals surface area (Å²) in [5.41, 5.74) is 1.04. The quantitative estimate of drug-likeness (QED) is 0.698. The van der Waals surface area contributed by atoms with Crippen LogP contribution in [0.1, 0.15) is 79.5 Å². The number of carbonyl (C=O) groups is 3. The van der Waals surface area contributed by atoms with Crippen LogP contribution >= 0.6 is 0 Å². The van der Waals surface area contributed by atoms with Crippen molar-refractivity contribution in [2.75, 3.05) is 19.6 Å². The lowest BCUT2D eigenvalue weighted by Gasteiger charge is -2.36. The molecule has 1 aromatic rings. The van der Waals surface area contributed by atoms with E-state index in [1.165, 1.54) is 0 Å². The van der Waals surface area contributed by atoms with Gasteiger partial charge in [0.25, 0.3) is 11.8 Å². The second-order valence-electron chi connectivity index (χ2n) is 7.45. The number of amides is 2. The number of hydrogen-bond acceptors (Lipinski definition) is 3. The van der Waals surface area contributed by atoms with E-state index in [0.717, 1.165) is 32.1 Å². The zero-order valence-electron chi connectivity index (χ0n) is 17.0. The molecule has 1 atom stereocenters. The van der Waals surface area contributed by atoms with Gasteiger partial charge in [0.2, 0.25) is 0 Å². The molecule has 0 aromatic heterocycles. The predicted octanol–water partition coefficient (Wildman–Crippen LogP) is 3.81. The number of aliphatic carboxylic acids is 1. The van der Waals surface area contributed by atoms with Crippen molar-refractivity contribution in [2.24, 2.45) is 0 Å². The average Bonchev–Trinajstić information content (AvgIpc) is 2.71. The molecule has 1 heterocycles. The number of carboxylic acids is 1. The van der Waals surface area contributed by atoms with Gasteiger partial charge in [-0.05, 0) is 56.7 Å². The van der Waals surface area contributed by atoms with E-state index >= 15 is 0 Å². The van der Waals surface area contributed by atoms with Crippen LogP contribution in [-0.4, -0.2) is 58.4 Å². The van der Waals surface area contributed by atoms with E-state index < -0.39 is 5.97 Å². The fourth-order valence-electron chi connectivity index (χ4n) is 3.85. The molecule has 0 spiro atoms. The number of benzene rings is 1. The summed E-state index contributed by atoms with van der Waals surface area (Å²) >= 11 is 0. The third kappa shape index (κ3) is 5.81. The zero-order valence-corrected chi connectivity index (χ0v) is 17.0. The van der Waals surface area contributed by atoms with Crippen molar-refractivity contribution in [2.45, 2.75) is 64.8 Å². The van der Waals surface area contributed by atoms with Crippen molar-refractivity contribution in [1.82, 2.24) is 9.80 Å². The number of hydrogen-bond donors (Lipinski definition) is 1. The maximum absolute atomic E-state index is 13.1. The van der Waals surface area contributed by atoms with Crippen molar-refractivity contribution in [1.29, 1.82) is 0 Å². The van der Waals surface area contributed by atoms with Crippen molar-refractivity contribution in [3.8, 4) is 0 Å². The first-order valence-corrected chi connectivity index (χ1v) is 10.4. The molecule has 1 saturated heterocycles. The third-order valence-corrected chi connectivity index (χ3v) is 5.21. The fourth-order valence-corrected chi connectivity index (χ4v) is 3.85. The van der Waals surface area contributed by atoms with E-state index in [0.29, 0.717) is 37.2 Å². The van der Waals surface area contributed by atoms with Crippen LogP contribution in [0.3, 0.4) is 0 Å². The van der Waals surface area contributed by atoms with Crippen LogP contribution in [0, 0.1) is 0 Å². The van der Waals surface area contributed by atoms with Crippen LogP contribution in [-0.2, 0) is 4.79 Å². The summed E-state index contributed by atoms with van der Waals surface area (Å²) in [4.78, 5) is 40.5. The van der Waals surface area contributed by atoms with E-state index in [9.17, 15) is 14.4 Å². The van der Waals surface area contributed by atoms with Crippen LogP contribution in [0.5, 0.6) is 0 Å². The number of rotatable bonds is 9. The molecule has 1 N–H and O–H groups in total. The lowest BCUT2D eigenvalue weighted by atomic mass is 9.96. The minimum atomic E-state index is -0.836. The van der Waals surface area contributed by atoms with Gasteiger partial charge in [0.15, 0.2) is 0 Å². The molecule has 2 amide bonds. The van der Waals surface area contributed by atoms with Crippen LogP contribution < -0.4 is 0 Å². The van der Waals surface area contributed by atoms with Gasteiger partial charge in [-0.15, -0.1) is 0 Å². The Balaban J connectivity index is 2.17. The molecule has 2 rings (SSSR count). The average molecular weight is 389 g/mol. The Hall–Kier alpha value is -2.37. The number of likely N-dealkylation sites (tertiary alicyclic amines) is 1. The Morgan fingerprint density at radius 1 is 1.11 bits per heavy atom. The van der Waals surface area contributed by atoms with Gasteiger partial charge in [0.1, 0.15) is 0 Å². The Kier molecular flexibility index (Phi) is 8.48. The summed E-state index contributed by atoms with van der Waals surface area (Å²) in [5, 5.41) is 8.98. The highest BCUT2D eigenvalue weighted by Crippen LogP contribution is 2.23. The van der Waals surface area contributed by atoms with Gasteiger partial charge >= 0.3 is 5.97 Å². The van der Waals surface area contributed by atoms with Crippen LogP contribution in [0.25, 0.3) is 0 Å².